The topological polar surface area (TPSA) is 102 Å². The zero-order valence-corrected chi connectivity index (χ0v) is 20.4. The third-order valence-corrected chi connectivity index (χ3v) is 6.68. The van der Waals surface area contributed by atoms with Crippen LogP contribution in [-0.4, -0.2) is 63.0 Å². The minimum atomic E-state index is -0.557. The van der Waals surface area contributed by atoms with Gasteiger partial charge in [0.15, 0.2) is 5.69 Å². The van der Waals surface area contributed by atoms with Gasteiger partial charge in [0, 0.05) is 31.2 Å². The molecule has 3 heterocycles. The Balaban J connectivity index is 1.34. The van der Waals surface area contributed by atoms with Gasteiger partial charge in [0.25, 0.3) is 0 Å². The number of nitrogens with zero attached hydrogens (tertiary/aromatic N) is 5. The Morgan fingerprint density at radius 2 is 1.95 bits per heavy atom. The fraction of sp³-hybridized carbons (Fsp3) is 0.296. The number of benzene rings is 2. The van der Waals surface area contributed by atoms with Gasteiger partial charge in [-0.2, -0.15) is 0 Å². The molecule has 9 nitrogen and oxygen atoms in total. The molecule has 37 heavy (non-hydrogen) atoms. The van der Waals surface area contributed by atoms with Gasteiger partial charge in [-0.25, -0.2) is 13.9 Å². The van der Waals surface area contributed by atoms with Gasteiger partial charge in [-0.1, -0.05) is 41.6 Å². The Morgan fingerprint density at radius 1 is 1.14 bits per heavy atom. The summed E-state index contributed by atoms with van der Waals surface area (Å²) < 4.78 is 19.6. The highest BCUT2D eigenvalue weighted by Crippen LogP contribution is 2.30. The molecule has 0 saturated carbocycles. The van der Waals surface area contributed by atoms with Crippen LogP contribution in [0.25, 0.3) is 10.9 Å². The number of para-hydroxylation sites is 1. The van der Waals surface area contributed by atoms with Crippen LogP contribution in [0.5, 0.6) is 0 Å². The molecule has 190 valence electrons. The number of methoxy groups -OCH3 is 1. The van der Waals surface area contributed by atoms with E-state index >= 15 is 0 Å². The molecule has 5 rings (SSSR count). The lowest BCUT2D eigenvalue weighted by Gasteiger charge is -2.24. The van der Waals surface area contributed by atoms with Crippen LogP contribution in [-0.2, 0) is 22.5 Å². The van der Waals surface area contributed by atoms with Crippen molar-refractivity contribution in [1.82, 2.24) is 30.2 Å². The Labute approximate surface area is 213 Å². The highest BCUT2D eigenvalue weighted by Gasteiger charge is 2.38. The summed E-state index contributed by atoms with van der Waals surface area (Å²) in [6.07, 6.45) is 4.43. The maximum Gasteiger partial charge on any atom is 0.360 e. The maximum absolute atomic E-state index is 13.3. The molecule has 1 amide bonds. The quantitative estimate of drug-likeness (QED) is 0.370. The summed E-state index contributed by atoms with van der Waals surface area (Å²) in [6, 6.07) is 15.7. The second kappa shape index (κ2) is 10.8. The Hall–Kier alpha value is -4.18. The smallest absolute Gasteiger partial charge is 0.360 e. The lowest BCUT2D eigenvalue weighted by Crippen LogP contribution is -2.43. The number of hydrogen-bond donors (Lipinski definition) is 1. The normalized spacial score (nSPS) is 17.7. The number of amides is 1. The minimum Gasteiger partial charge on any atom is -0.464 e. The molecule has 10 heteroatoms. The molecule has 1 aliphatic heterocycles. The summed E-state index contributed by atoms with van der Waals surface area (Å²) in [6.45, 7) is 1.51. The largest absolute Gasteiger partial charge is 0.464 e. The van der Waals surface area contributed by atoms with Crippen molar-refractivity contribution in [2.75, 3.05) is 20.2 Å². The number of hydrogen-bond acceptors (Lipinski definition) is 7. The molecule has 0 bridgehead atoms. The first-order valence-corrected chi connectivity index (χ1v) is 12.1. The molecule has 1 N–H and O–H groups in total. The molecule has 0 spiro atoms. The fourth-order valence-electron chi connectivity index (χ4n) is 4.78. The van der Waals surface area contributed by atoms with Gasteiger partial charge in [0.05, 0.1) is 30.9 Å². The van der Waals surface area contributed by atoms with Crippen LogP contribution in [0, 0.1) is 5.82 Å². The molecule has 1 fully saturated rings. The highest BCUT2D eigenvalue weighted by atomic mass is 19.1. The van der Waals surface area contributed by atoms with Crippen molar-refractivity contribution in [3.8, 4) is 0 Å². The van der Waals surface area contributed by atoms with Gasteiger partial charge in [-0.15, -0.1) is 5.10 Å². The summed E-state index contributed by atoms with van der Waals surface area (Å²) >= 11 is 0. The van der Waals surface area contributed by atoms with Crippen LogP contribution in [0.2, 0.25) is 0 Å². The van der Waals surface area contributed by atoms with Crippen molar-refractivity contribution < 1.29 is 18.7 Å². The van der Waals surface area contributed by atoms with E-state index < -0.39 is 12.0 Å². The van der Waals surface area contributed by atoms with Crippen LogP contribution in [0.15, 0.2) is 67.0 Å². The summed E-state index contributed by atoms with van der Waals surface area (Å²) in [5.41, 5.74) is 3.00. The van der Waals surface area contributed by atoms with Gasteiger partial charge in [0.2, 0.25) is 5.91 Å². The standard InChI is InChI=1S/C27H27FN6O3/c1-37-27(36)23-17-34(32-31-23)22-14-24(26(35)30-13-11-18-7-9-21(28)10-8-18)33(16-22)15-20-5-2-4-19-6-3-12-29-25(19)20/h2-10,12,17,22,24H,11,13-16H2,1H3,(H,30,35)/t22-,24-/m0/s1. The average Bonchev–Trinajstić information content (AvgIpc) is 3.57. The molecule has 2 aromatic carbocycles. The second-order valence-corrected chi connectivity index (χ2v) is 9.07. The number of esters is 1. The van der Waals surface area contributed by atoms with Gasteiger partial charge in [-0.05, 0) is 42.2 Å². The van der Waals surface area contributed by atoms with Gasteiger partial charge in [-0.3, -0.25) is 14.7 Å². The monoisotopic (exact) mass is 502 g/mol. The average molecular weight is 503 g/mol. The number of halogens is 1. The molecule has 0 radical (unpaired) electrons. The first-order chi connectivity index (χ1) is 18.0. The highest BCUT2D eigenvalue weighted by molar-refractivity contribution is 5.86. The summed E-state index contributed by atoms with van der Waals surface area (Å²) in [5.74, 6) is -0.934. The van der Waals surface area contributed by atoms with Crippen molar-refractivity contribution in [2.45, 2.75) is 31.5 Å². The molecular formula is C27H27FN6O3. The molecule has 2 atom stereocenters. The summed E-state index contributed by atoms with van der Waals surface area (Å²) in [5, 5.41) is 12.1. The van der Waals surface area contributed by atoms with Crippen molar-refractivity contribution in [2.24, 2.45) is 0 Å². The van der Waals surface area contributed by atoms with Crippen molar-refractivity contribution >= 4 is 22.8 Å². The third-order valence-electron chi connectivity index (χ3n) is 6.68. The molecule has 0 aliphatic carbocycles. The van der Waals surface area contributed by atoms with Crippen LogP contribution >= 0.6 is 0 Å². The van der Waals surface area contributed by atoms with Crippen molar-refractivity contribution in [3.05, 3.63) is 89.6 Å². The van der Waals surface area contributed by atoms with Crippen molar-refractivity contribution in [3.63, 3.8) is 0 Å². The van der Waals surface area contributed by atoms with E-state index in [4.69, 9.17) is 4.74 Å². The first kappa shape index (κ1) is 24.5. The first-order valence-electron chi connectivity index (χ1n) is 12.1. The summed E-state index contributed by atoms with van der Waals surface area (Å²) in [7, 11) is 1.29. The van der Waals surface area contributed by atoms with Gasteiger partial charge < -0.3 is 10.1 Å². The SMILES string of the molecule is COC(=O)c1cn([C@H]2C[C@@H](C(=O)NCCc3ccc(F)cc3)N(Cc3cccc4cccnc34)C2)nn1. The van der Waals surface area contributed by atoms with Crippen LogP contribution in [0.1, 0.15) is 34.1 Å². The number of ether oxygens (including phenoxy) is 1. The van der Waals surface area contributed by atoms with E-state index in [0.717, 1.165) is 22.0 Å². The number of carbonyl (C=O) groups is 2. The minimum absolute atomic E-state index is 0.0916. The van der Waals surface area contributed by atoms with E-state index in [-0.39, 0.29) is 23.5 Å². The number of rotatable bonds is 8. The predicted molar refractivity (Wildman–Crippen MR) is 134 cm³/mol. The third kappa shape index (κ3) is 5.49. The number of aromatic nitrogens is 4. The Bertz CT molecular complexity index is 1400. The van der Waals surface area contributed by atoms with E-state index in [9.17, 15) is 14.0 Å². The molecule has 1 saturated heterocycles. The number of nitrogens with one attached hydrogen (secondary N) is 1. The molecule has 2 aromatic heterocycles. The number of carbonyl (C=O) groups excluding carboxylic acids is 2. The van der Waals surface area contributed by atoms with E-state index in [1.54, 1.807) is 29.2 Å². The Morgan fingerprint density at radius 3 is 2.76 bits per heavy atom. The molecule has 1 aliphatic rings. The van der Waals surface area contributed by atoms with Crippen LogP contribution in [0.4, 0.5) is 4.39 Å². The molecule has 4 aromatic rings. The zero-order chi connectivity index (χ0) is 25.8. The maximum atomic E-state index is 13.3. The van der Waals surface area contributed by atoms with Crippen LogP contribution in [0.3, 0.4) is 0 Å². The van der Waals surface area contributed by atoms with E-state index in [2.05, 4.69) is 25.5 Å². The van der Waals surface area contributed by atoms with E-state index in [1.165, 1.54) is 19.2 Å². The van der Waals surface area contributed by atoms with Gasteiger partial charge >= 0.3 is 5.97 Å². The number of likely N-dealkylation sites (tertiary alicyclic amines) is 1. The summed E-state index contributed by atoms with van der Waals surface area (Å²) in [4.78, 5) is 31.9. The van der Waals surface area contributed by atoms with E-state index in [0.29, 0.717) is 32.5 Å². The zero-order valence-electron chi connectivity index (χ0n) is 20.4. The van der Waals surface area contributed by atoms with E-state index in [1.807, 2.05) is 30.3 Å². The fourth-order valence-corrected chi connectivity index (χ4v) is 4.78. The van der Waals surface area contributed by atoms with Gasteiger partial charge in [0.1, 0.15) is 5.82 Å². The predicted octanol–water partition coefficient (Wildman–Crippen LogP) is 2.93. The lowest BCUT2D eigenvalue weighted by atomic mass is 10.1. The second-order valence-electron chi connectivity index (χ2n) is 9.07. The van der Waals surface area contributed by atoms with Crippen molar-refractivity contribution in [1.29, 1.82) is 0 Å². The number of pyridine rings is 1. The number of fused-ring (bicyclic) bond motifs is 1. The lowest BCUT2D eigenvalue weighted by molar-refractivity contribution is -0.125. The molecular weight excluding hydrogens is 475 g/mol. The Kier molecular flexibility index (Phi) is 7.18. The molecule has 0 unspecified atom stereocenters. The van der Waals surface area contributed by atoms with Crippen LogP contribution < -0.4 is 5.32 Å².